The van der Waals surface area contributed by atoms with Gasteiger partial charge < -0.3 is 15.2 Å². The van der Waals surface area contributed by atoms with Crippen LogP contribution in [0.3, 0.4) is 0 Å². The molecule has 1 aromatic rings. The number of aromatic nitrogens is 2. The first-order valence-electron chi connectivity index (χ1n) is 5.90. The van der Waals surface area contributed by atoms with Crippen LogP contribution in [0.1, 0.15) is 32.9 Å². The van der Waals surface area contributed by atoms with E-state index in [1.165, 1.54) is 0 Å². The lowest BCUT2D eigenvalue weighted by Gasteiger charge is -2.25. The van der Waals surface area contributed by atoms with Crippen LogP contribution in [0.4, 0.5) is 0 Å². The molecular formula is C12H23N3O2. The number of aryl methyl sites for hydroxylation is 1. The van der Waals surface area contributed by atoms with Gasteiger partial charge in [0, 0.05) is 13.1 Å². The van der Waals surface area contributed by atoms with Crippen LogP contribution in [-0.4, -0.2) is 34.6 Å². The van der Waals surface area contributed by atoms with E-state index in [1.54, 1.807) is 24.9 Å². The zero-order valence-corrected chi connectivity index (χ0v) is 11.3. The Bertz CT molecular complexity index is 359. The van der Waals surface area contributed by atoms with Gasteiger partial charge in [0.25, 0.3) is 0 Å². The number of hydrogen-bond donors (Lipinski definition) is 2. The molecule has 0 aromatic carbocycles. The molecule has 1 unspecified atom stereocenters. The van der Waals surface area contributed by atoms with Crippen LogP contribution in [0.25, 0.3) is 0 Å². The normalized spacial score (nSPS) is 15.0. The average molecular weight is 241 g/mol. The van der Waals surface area contributed by atoms with Gasteiger partial charge in [0.15, 0.2) is 5.75 Å². The van der Waals surface area contributed by atoms with Crippen molar-refractivity contribution < 1.29 is 9.84 Å². The Morgan fingerprint density at radius 3 is 2.76 bits per heavy atom. The van der Waals surface area contributed by atoms with E-state index < -0.39 is 5.60 Å². The molecule has 0 saturated heterocycles. The fourth-order valence-corrected chi connectivity index (χ4v) is 1.90. The summed E-state index contributed by atoms with van der Waals surface area (Å²) < 4.78 is 6.88. The van der Waals surface area contributed by atoms with Gasteiger partial charge in [0.05, 0.1) is 13.3 Å². The fourth-order valence-electron chi connectivity index (χ4n) is 1.90. The van der Waals surface area contributed by atoms with E-state index in [4.69, 9.17) is 4.74 Å². The number of methoxy groups -OCH3 is 1. The van der Waals surface area contributed by atoms with Crippen molar-refractivity contribution in [1.82, 2.24) is 15.1 Å². The van der Waals surface area contributed by atoms with E-state index >= 15 is 0 Å². The van der Waals surface area contributed by atoms with Crippen LogP contribution in [0.5, 0.6) is 5.75 Å². The van der Waals surface area contributed by atoms with Crippen LogP contribution in [0.15, 0.2) is 6.20 Å². The maximum atomic E-state index is 10.5. The summed E-state index contributed by atoms with van der Waals surface area (Å²) in [7, 11) is 3.39. The van der Waals surface area contributed by atoms with E-state index in [-0.39, 0.29) is 0 Å². The highest BCUT2D eigenvalue weighted by Crippen LogP contribution is 2.31. The highest BCUT2D eigenvalue weighted by Gasteiger charge is 2.30. The monoisotopic (exact) mass is 241 g/mol. The van der Waals surface area contributed by atoms with E-state index in [9.17, 15) is 5.11 Å². The molecule has 98 valence electrons. The molecule has 1 heterocycles. The summed E-state index contributed by atoms with van der Waals surface area (Å²) >= 11 is 0. The summed E-state index contributed by atoms with van der Waals surface area (Å²) in [5.74, 6) is 0.627. The van der Waals surface area contributed by atoms with Crippen molar-refractivity contribution in [2.24, 2.45) is 7.05 Å². The van der Waals surface area contributed by atoms with Crippen molar-refractivity contribution in [2.45, 2.75) is 38.8 Å². The highest BCUT2D eigenvalue weighted by molar-refractivity contribution is 5.30. The number of nitrogens with zero attached hydrogens (tertiary/aromatic N) is 2. The second-order valence-electron chi connectivity index (χ2n) is 4.82. The molecule has 0 amide bonds. The second-order valence-corrected chi connectivity index (χ2v) is 4.82. The minimum absolute atomic E-state index is 0.416. The van der Waals surface area contributed by atoms with Gasteiger partial charge in [0.2, 0.25) is 0 Å². The van der Waals surface area contributed by atoms with Gasteiger partial charge in [-0.25, -0.2) is 0 Å². The van der Waals surface area contributed by atoms with E-state index in [0.717, 1.165) is 6.54 Å². The molecule has 1 atom stereocenters. The Hall–Kier alpha value is -1.07. The molecule has 0 spiro atoms. The van der Waals surface area contributed by atoms with Crippen LogP contribution in [-0.2, 0) is 12.6 Å². The van der Waals surface area contributed by atoms with E-state index in [1.807, 2.05) is 7.05 Å². The first kappa shape index (κ1) is 14.0. The molecule has 0 saturated carbocycles. The Morgan fingerprint density at radius 2 is 2.24 bits per heavy atom. The minimum atomic E-state index is -0.946. The first-order valence-corrected chi connectivity index (χ1v) is 5.90. The SMILES string of the molecule is COc1cnn(C)c1C(C)(O)CCNC(C)C. The maximum absolute atomic E-state index is 10.5. The standard InChI is InChI=1S/C12H23N3O2/c1-9(2)13-7-6-12(3,16)11-10(17-5)8-14-15(11)4/h8-9,13,16H,6-7H2,1-5H3. The van der Waals surface area contributed by atoms with Crippen molar-refractivity contribution in [3.05, 3.63) is 11.9 Å². The Balaban J connectivity index is 2.77. The van der Waals surface area contributed by atoms with E-state index in [2.05, 4.69) is 24.3 Å². The summed E-state index contributed by atoms with van der Waals surface area (Å²) in [5.41, 5.74) is -0.232. The van der Waals surface area contributed by atoms with Crippen molar-refractivity contribution in [2.75, 3.05) is 13.7 Å². The molecular weight excluding hydrogens is 218 g/mol. The lowest BCUT2D eigenvalue weighted by molar-refractivity contribution is 0.0367. The predicted molar refractivity (Wildman–Crippen MR) is 67.1 cm³/mol. The largest absolute Gasteiger partial charge is 0.493 e. The van der Waals surface area contributed by atoms with Crippen molar-refractivity contribution >= 4 is 0 Å². The second kappa shape index (κ2) is 5.51. The Labute approximate surface area is 103 Å². The van der Waals surface area contributed by atoms with Crippen LogP contribution in [0, 0.1) is 0 Å². The molecule has 1 rings (SSSR count). The predicted octanol–water partition coefficient (Wildman–Crippen LogP) is 1.02. The summed E-state index contributed by atoms with van der Waals surface area (Å²) in [6.45, 7) is 6.70. The van der Waals surface area contributed by atoms with Gasteiger partial charge in [-0.1, -0.05) is 13.8 Å². The topological polar surface area (TPSA) is 59.3 Å². The smallest absolute Gasteiger partial charge is 0.162 e. The molecule has 0 aliphatic carbocycles. The molecule has 17 heavy (non-hydrogen) atoms. The summed E-state index contributed by atoms with van der Waals surface area (Å²) in [6.07, 6.45) is 2.24. The molecule has 5 nitrogen and oxygen atoms in total. The van der Waals surface area contributed by atoms with Crippen LogP contribution < -0.4 is 10.1 Å². The molecule has 0 aliphatic rings. The molecule has 0 radical (unpaired) electrons. The van der Waals surface area contributed by atoms with Gasteiger partial charge in [0.1, 0.15) is 11.3 Å². The summed E-state index contributed by atoms with van der Waals surface area (Å²) in [5, 5.41) is 17.9. The highest BCUT2D eigenvalue weighted by atomic mass is 16.5. The maximum Gasteiger partial charge on any atom is 0.162 e. The van der Waals surface area contributed by atoms with Crippen LogP contribution >= 0.6 is 0 Å². The fraction of sp³-hybridized carbons (Fsp3) is 0.750. The van der Waals surface area contributed by atoms with Crippen LogP contribution in [0.2, 0.25) is 0 Å². The van der Waals surface area contributed by atoms with E-state index in [0.29, 0.717) is 23.9 Å². The third-order valence-electron chi connectivity index (χ3n) is 2.80. The average Bonchev–Trinajstić information content (AvgIpc) is 2.59. The molecule has 2 N–H and O–H groups in total. The number of aliphatic hydroxyl groups is 1. The van der Waals surface area contributed by atoms with Gasteiger partial charge >= 0.3 is 0 Å². The van der Waals surface area contributed by atoms with Gasteiger partial charge in [-0.15, -0.1) is 0 Å². The molecule has 0 bridgehead atoms. The first-order chi connectivity index (χ1) is 7.88. The number of ether oxygens (including phenoxy) is 1. The van der Waals surface area contributed by atoms with Crippen molar-refractivity contribution in [1.29, 1.82) is 0 Å². The van der Waals surface area contributed by atoms with Gasteiger partial charge in [-0.2, -0.15) is 5.10 Å². The zero-order chi connectivity index (χ0) is 13.1. The minimum Gasteiger partial charge on any atom is -0.493 e. The van der Waals surface area contributed by atoms with Gasteiger partial charge in [-0.05, 0) is 19.9 Å². The Morgan fingerprint density at radius 1 is 1.59 bits per heavy atom. The Kier molecular flexibility index (Phi) is 4.54. The molecule has 0 fully saturated rings. The number of hydrogen-bond acceptors (Lipinski definition) is 4. The molecule has 0 aliphatic heterocycles. The molecule has 5 heteroatoms. The van der Waals surface area contributed by atoms with Crippen molar-refractivity contribution in [3.8, 4) is 5.75 Å². The lowest BCUT2D eigenvalue weighted by Crippen LogP contribution is -2.32. The molecule has 1 aromatic heterocycles. The third-order valence-corrected chi connectivity index (χ3v) is 2.80. The number of rotatable bonds is 6. The summed E-state index contributed by atoms with van der Waals surface area (Å²) in [6, 6.07) is 0.416. The lowest BCUT2D eigenvalue weighted by atomic mass is 9.97. The third kappa shape index (κ3) is 3.44. The quantitative estimate of drug-likeness (QED) is 0.781. The van der Waals surface area contributed by atoms with Gasteiger partial charge in [-0.3, -0.25) is 4.68 Å². The van der Waals surface area contributed by atoms with Crippen molar-refractivity contribution in [3.63, 3.8) is 0 Å². The zero-order valence-electron chi connectivity index (χ0n) is 11.3. The number of nitrogens with one attached hydrogen (secondary N) is 1. The summed E-state index contributed by atoms with van der Waals surface area (Å²) in [4.78, 5) is 0.